The fourth-order valence-electron chi connectivity index (χ4n) is 2.17. The molecule has 3 rings (SSSR count). The minimum absolute atomic E-state index is 1.09. The molecule has 0 aliphatic carbocycles. The second-order valence-corrected chi connectivity index (χ2v) is 4.33. The highest BCUT2D eigenvalue weighted by atomic mass is 14.7. The Bertz CT molecular complexity index is 632. The zero-order valence-corrected chi connectivity index (χ0v) is 9.90. The summed E-state index contributed by atoms with van der Waals surface area (Å²) in [5, 5.41) is 1.27. The molecule has 0 aliphatic heterocycles. The third kappa shape index (κ3) is 1.84. The van der Waals surface area contributed by atoms with Gasteiger partial charge in [0, 0.05) is 11.7 Å². The van der Waals surface area contributed by atoms with Crippen molar-refractivity contribution >= 4 is 10.9 Å². The van der Waals surface area contributed by atoms with Crippen LogP contribution in [0.3, 0.4) is 0 Å². The molecule has 17 heavy (non-hydrogen) atoms. The van der Waals surface area contributed by atoms with Crippen LogP contribution in [0, 0.1) is 0 Å². The fourth-order valence-corrected chi connectivity index (χ4v) is 2.17. The summed E-state index contributed by atoms with van der Waals surface area (Å²) in [6.07, 6.45) is 3.08. The quantitative estimate of drug-likeness (QED) is 0.660. The normalized spacial score (nSPS) is 10.9. The van der Waals surface area contributed by atoms with E-state index in [4.69, 9.17) is 0 Å². The Morgan fingerprint density at radius 1 is 0.882 bits per heavy atom. The number of aromatic nitrogens is 1. The topological polar surface area (TPSA) is 15.8 Å². The van der Waals surface area contributed by atoms with E-state index in [2.05, 4.69) is 60.4 Å². The fraction of sp³-hybridized carbons (Fsp3) is 0.125. The van der Waals surface area contributed by atoms with Crippen LogP contribution in [0.5, 0.6) is 0 Å². The van der Waals surface area contributed by atoms with Crippen molar-refractivity contribution in [3.8, 4) is 11.1 Å². The van der Waals surface area contributed by atoms with Crippen LogP contribution in [-0.4, -0.2) is 4.98 Å². The molecule has 0 spiro atoms. The van der Waals surface area contributed by atoms with Gasteiger partial charge >= 0.3 is 0 Å². The van der Waals surface area contributed by atoms with Gasteiger partial charge in [0.15, 0.2) is 0 Å². The van der Waals surface area contributed by atoms with Gasteiger partial charge in [0.25, 0.3) is 0 Å². The first-order chi connectivity index (χ1) is 8.36. The lowest BCUT2D eigenvalue weighted by Gasteiger charge is -2.03. The van der Waals surface area contributed by atoms with E-state index in [0.717, 1.165) is 6.42 Å². The van der Waals surface area contributed by atoms with Crippen molar-refractivity contribution in [3.63, 3.8) is 0 Å². The monoisotopic (exact) mass is 221 g/mol. The van der Waals surface area contributed by atoms with E-state index in [1.165, 1.54) is 27.6 Å². The van der Waals surface area contributed by atoms with E-state index in [0.29, 0.717) is 0 Å². The van der Waals surface area contributed by atoms with Gasteiger partial charge in [-0.3, -0.25) is 0 Å². The van der Waals surface area contributed by atoms with Crippen LogP contribution in [0.25, 0.3) is 22.0 Å². The van der Waals surface area contributed by atoms with Gasteiger partial charge in [-0.05, 0) is 46.7 Å². The lowest BCUT2D eigenvalue weighted by atomic mass is 10.0. The van der Waals surface area contributed by atoms with E-state index < -0.39 is 0 Å². The highest BCUT2D eigenvalue weighted by Crippen LogP contribution is 2.24. The smallest absolute Gasteiger partial charge is 0.0454 e. The van der Waals surface area contributed by atoms with Crippen LogP contribution in [0.15, 0.2) is 54.7 Å². The Morgan fingerprint density at radius 2 is 1.65 bits per heavy atom. The molecule has 0 atom stereocenters. The molecule has 0 saturated heterocycles. The van der Waals surface area contributed by atoms with Gasteiger partial charge in [0.1, 0.15) is 0 Å². The number of fused-ring (bicyclic) bond motifs is 1. The first-order valence-corrected chi connectivity index (χ1v) is 6.03. The van der Waals surface area contributed by atoms with Crippen LogP contribution in [0.2, 0.25) is 0 Å². The molecule has 3 aromatic rings. The number of nitrogens with one attached hydrogen (secondary N) is 1. The van der Waals surface area contributed by atoms with Crippen LogP contribution < -0.4 is 0 Å². The summed E-state index contributed by atoms with van der Waals surface area (Å²) in [5.74, 6) is 0. The van der Waals surface area contributed by atoms with Crippen LogP contribution in [0.1, 0.15) is 12.5 Å². The molecule has 0 radical (unpaired) electrons. The summed E-state index contributed by atoms with van der Waals surface area (Å²) in [6.45, 7) is 2.18. The highest BCUT2D eigenvalue weighted by Gasteiger charge is 2.00. The van der Waals surface area contributed by atoms with Gasteiger partial charge in [0.2, 0.25) is 0 Å². The zero-order valence-electron chi connectivity index (χ0n) is 9.90. The van der Waals surface area contributed by atoms with Crippen LogP contribution in [0.4, 0.5) is 0 Å². The molecule has 2 aromatic carbocycles. The lowest BCUT2D eigenvalue weighted by Crippen LogP contribution is -1.81. The Kier molecular flexibility index (Phi) is 2.45. The molecular formula is C16H15N. The second-order valence-electron chi connectivity index (χ2n) is 4.33. The van der Waals surface area contributed by atoms with E-state index in [1.807, 2.05) is 6.20 Å². The predicted molar refractivity (Wildman–Crippen MR) is 73.1 cm³/mol. The molecular weight excluding hydrogens is 206 g/mol. The molecule has 1 N–H and O–H groups in total. The van der Waals surface area contributed by atoms with Crippen molar-refractivity contribution in [3.05, 3.63) is 60.3 Å². The van der Waals surface area contributed by atoms with E-state index >= 15 is 0 Å². The highest BCUT2D eigenvalue weighted by molar-refractivity contribution is 5.84. The summed E-state index contributed by atoms with van der Waals surface area (Å²) in [6, 6.07) is 17.5. The van der Waals surface area contributed by atoms with Crippen molar-refractivity contribution in [2.45, 2.75) is 13.3 Å². The van der Waals surface area contributed by atoms with Gasteiger partial charge in [-0.25, -0.2) is 0 Å². The number of hydrogen-bond donors (Lipinski definition) is 1. The summed E-state index contributed by atoms with van der Waals surface area (Å²) in [5.41, 5.74) is 5.14. The summed E-state index contributed by atoms with van der Waals surface area (Å²) in [7, 11) is 0. The lowest BCUT2D eigenvalue weighted by molar-refractivity contribution is 1.14. The first-order valence-electron chi connectivity index (χ1n) is 6.03. The maximum atomic E-state index is 3.22. The molecule has 1 heterocycles. The van der Waals surface area contributed by atoms with Gasteiger partial charge < -0.3 is 4.98 Å². The number of aromatic amines is 1. The molecule has 84 valence electrons. The molecule has 0 fully saturated rings. The summed E-state index contributed by atoms with van der Waals surface area (Å²) < 4.78 is 0. The third-order valence-corrected chi connectivity index (χ3v) is 3.25. The molecule has 0 saturated carbocycles. The first kappa shape index (κ1) is 10.2. The van der Waals surface area contributed by atoms with Crippen molar-refractivity contribution < 1.29 is 0 Å². The second kappa shape index (κ2) is 4.10. The van der Waals surface area contributed by atoms with E-state index in [1.54, 1.807) is 0 Å². The van der Waals surface area contributed by atoms with Crippen LogP contribution in [-0.2, 0) is 6.42 Å². The Morgan fingerprint density at radius 3 is 2.41 bits per heavy atom. The number of H-pyrrole nitrogens is 1. The van der Waals surface area contributed by atoms with Crippen molar-refractivity contribution in [1.29, 1.82) is 0 Å². The molecule has 0 bridgehead atoms. The SMILES string of the molecule is CCc1ccc(-c2ccc3[nH]ccc3c2)cc1. The third-order valence-electron chi connectivity index (χ3n) is 3.25. The zero-order chi connectivity index (χ0) is 11.7. The van der Waals surface area contributed by atoms with E-state index in [-0.39, 0.29) is 0 Å². The van der Waals surface area contributed by atoms with Gasteiger partial charge in [0.05, 0.1) is 0 Å². The van der Waals surface area contributed by atoms with Gasteiger partial charge in [-0.1, -0.05) is 37.3 Å². The Hall–Kier alpha value is -2.02. The largest absolute Gasteiger partial charge is 0.361 e. The predicted octanol–water partition coefficient (Wildman–Crippen LogP) is 4.40. The Labute approximate surface area is 101 Å². The van der Waals surface area contributed by atoms with Crippen molar-refractivity contribution in [2.75, 3.05) is 0 Å². The standard InChI is InChI=1S/C16H15N/c1-2-12-3-5-13(6-4-12)14-7-8-16-15(11-14)9-10-17-16/h3-11,17H,2H2,1H3. The number of rotatable bonds is 2. The average Bonchev–Trinajstić information content (AvgIpc) is 2.86. The summed E-state index contributed by atoms with van der Waals surface area (Å²) >= 11 is 0. The molecule has 1 aromatic heterocycles. The average molecular weight is 221 g/mol. The minimum Gasteiger partial charge on any atom is -0.361 e. The van der Waals surface area contributed by atoms with Gasteiger partial charge in [-0.2, -0.15) is 0 Å². The van der Waals surface area contributed by atoms with Gasteiger partial charge in [-0.15, -0.1) is 0 Å². The number of aryl methyl sites for hydroxylation is 1. The van der Waals surface area contributed by atoms with Crippen LogP contribution >= 0.6 is 0 Å². The van der Waals surface area contributed by atoms with Crippen molar-refractivity contribution in [1.82, 2.24) is 4.98 Å². The number of hydrogen-bond acceptors (Lipinski definition) is 0. The molecule has 0 aliphatic rings. The molecule has 1 nitrogen and oxygen atoms in total. The maximum absolute atomic E-state index is 3.22. The molecule has 1 heteroatoms. The molecule has 0 unspecified atom stereocenters. The number of benzene rings is 2. The molecule has 0 amide bonds. The Balaban J connectivity index is 2.06. The summed E-state index contributed by atoms with van der Waals surface area (Å²) in [4.78, 5) is 3.22. The van der Waals surface area contributed by atoms with Crippen molar-refractivity contribution in [2.24, 2.45) is 0 Å². The minimum atomic E-state index is 1.09. The maximum Gasteiger partial charge on any atom is 0.0454 e. The van der Waals surface area contributed by atoms with E-state index in [9.17, 15) is 0 Å².